The molecular formula is C18H24N4OS. The Morgan fingerprint density at radius 2 is 2.12 bits per heavy atom. The summed E-state index contributed by atoms with van der Waals surface area (Å²) in [7, 11) is 0. The fourth-order valence-electron chi connectivity index (χ4n) is 3.11. The van der Waals surface area contributed by atoms with Crippen LogP contribution >= 0.6 is 11.3 Å². The minimum absolute atomic E-state index is 0.217. The first-order chi connectivity index (χ1) is 11.4. The van der Waals surface area contributed by atoms with Crippen molar-refractivity contribution < 1.29 is 4.79 Å². The summed E-state index contributed by atoms with van der Waals surface area (Å²) in [6, 6.07) is 0. The molecule has 3 heterocycles. The van der Waals surface area contributed by atoms with Crippen LogP contribution in [0.1, 0.15) is 50.9 Å². The van der Waals surface area contributed by atoms with E-state index >= 15 is 0 Å². The highest BCUT2D eigenvalue weighted by atomic mass is 32.1. The zero-order valence-corrected chi connectivity index (χ0v) is 15.6. The quantitative estimate of drug-likeness (QED) is 0.834. The average Bonchev–Trinajstić information content (AvgIpc) is 2.99. The number of carbonyl (C=O) groups is 1. The summed E-state index contributed by atoms with van der Waals surface area (Å²) >= 11 is 1.59. The standard InChI is InChI=1S/C18H24N4OS/c1-12-16(24-11-20-12)15-9-19-8-14(21-15)13-6-5-7-22(10-13)17(23)18(2,3)4/h8-9,11,13H,5-7,10H2,1-4H3/t13-/m0/s1. The van der Waals surface area contributed by atoms with Gasteiger partial charge in [-0.3, -0.25) is 9.78 Å². The summed E-state index contributed by atoms with van der Waals surface area (Å²) in [6.45, 7) is 9.50. The van der Waals surface area contributed by atoms with E-state index in [1.807, 2.05) is 44.3 Å². The van der Waals surface area contributed by atoms with Gasteiger partial charge in [-0.2, -0.15) is 0 Å². The van der Waals surface area contributed by atoms with E-state index in [9.17, 15) is 4.79 Å². The van der Waals surface area contributed by atoms with E-state index in [-0.39, 0.29) is 17.2 Å². The van der Waals surface area contributed by atoms with Crippen LogP contribution in [0.4, 0.5) is 0 Å². The van der Waals surface area contributed by atoms with Gasteiger partial charge in [0.05, 0.1) is 28.0 Å². The van der Waals surface area contributed by atoms with Crippen molar-refractivity contribution in [1.29, 1.82) is 0 Å². The third-order valence-electron chi connectivity index (χ3n) is 4.40. The minimum Gasteiger partial charge on any atom is -0.342 e. The summed E-state index contributed by atoms with van der Waals surface area (Å²) in [5, 5.41) is 0. The molecular weight excluding hydrogens is 320 g/mol. The number of rotatable bonds is 2. The van der Waals surface area contributed by atoms with Gasteiger partial charge in [0, 0.05) is 30.6 Å². The topological polar surface area (TPSA) is 59.0 Å². The normalized spacial score (nSPS) is 18.7. The Kier molecular flexibility index (Phi) is 4.67. The second-order valence-corrected chi connectivity index (χ2v) is 8.29. The first-order valence-electron chi connectivity index (χ1n) is 8.38. The minimum atomic E-state index is -0.338. The van der Waals surface area contributed by atoms with E-state index < -0.39 is 0 Å². The molecule has 0 unspecified atom stereocenters. The zero-order valence-electron chi connectivity index (χ0n) is 14.7. The lowest BCUT2D eigenvalue weighted by Gasteiger charge is -2.36. The molecule has 3 rings (SSSR count). The van der Waals surface area contributed by atoms with Crippen LogP contribution in [-0.4, -0.2) is 38.8 Å². The van der Waals surface area contributed by atoms with Gasteiger partial charge < -0.3 is 4.90 Å². The van der Waals surface area contributed by atoms with Crippen LogP contribution in [0, 0.1) is 12.3 Å². The number of piperidine rings is 1. The largest absolute Gasteiger partial charge is 0.342 e. The molecule has 1 fully saturated rings. The fourth-order valence-corrected chi connectivity index (χ4v) is 3.87. The van der Waals surface area contributed by atoms with E-state index in [0.29, 0.717) is 0 Å². The molecule has 5 nitrogen and oxygen atoms in total. The first kappa shape index (κ1) is 17.0. The van der Waals surface area contributed by atoms with Gasteiger partial charge in [-0.05, 0) is 19.8 Å². The van der Waals surface area contributed by atoms with Gasteiger partial charge in [0.25, 0.3) is 0 Å². The number of aryl methyl sites for hydroxylation is 1. The van der Waals surface area contributed by atoms with E-state index in [0.717, 1.165) is 47.9 Å². The molecule has 1 amide bonds. The molecule has 0 N–H and O–H groups in total. The summed E-state index contributed by atoms with van der Waals surface area (Å²) in [5.41, 5.74) is 4.34. The molecule has 6 heteroatoms. The number of thiazole rings is 1. The van der Waals surface area contributed by atoms with Crippen molar-refractivity contribution in [3.8, 4) is 10.6 Å². The predicted molar refractivity (Wildman–Crippen MR) is 95.9 cm³/mol. The molecule has 0 bridgehead atoms. The van der Waals surface area contributed by atoms with Crippen LogP contribution in [0.3, 0.4) is 0 Å². The second-order valence-electron chi connectivity index (χ2n) is 7.44. The lowest BCUT2D eigenvalue weighted by molar-refractivity contribution is -0.140. The third kappa shape index (κ3) is 3.48. The fraction of sp³-hybridized carbons (Fsp3) is 0.556. The average molecular weight is 344 g/mol. The number of carbonyl (C=O) groups excluding carboxylic acids is 1. The Bertz CT molecular complexity index is 735. The summed E-state index contributed by atoms with van der Waals surface area (Å²) in [5.74, 6) is 0.473. The van der Waals surface area contributed by atoms with Crippen LogP contribution in [0.25, 0.3) is 10.6 Å². The predicted octanol–water partition coefficient (Wildman–Crippen LogP) is 3.66. The van der Waals surface area contributed by atoms with Crippen molar-refractivity contribution in [2.45, 2.75) is 46.5 Å². The van der Waals surface area contributed by atoms with Crippen LogP contribution in [0.5, 0.6) is 0 Å². The highest BCUT2D eigenvalue weighted by molar-refractivity contribution is 7.13. The van der Waals surface area contributed by atoms with Crippen molar-refractivity contribution in [3.63, 3.8) is 0 Å². The van der Waals surface area contributed by atoms with Crippen LogP contribution in [-0.2, 0) is 4.79 Å². The number of nitrogens with zero attached hydrogens (tertiary/aromatic N) is 4. The Labute approximate surface area is 147 Å². The molecule has 0 spiro atoms. The third-order valence-corrected chi connectivity index (χ3v) is 5.35. The monoisotopic (exact) mass is 344 g/mol. The number of hydrogen-bond acceptors (Lipinski definition) is 5. The van der Waals surface area contributed by atoms with Crippen molar-refractivity contribution >= 4 is 17.2 Å². The molecule has 24 heavy (non-hydrogen) atoms. The molecule has 128 valence electrons. The van der Waals surface area contributed by atoms with Crippen LogP contribution in [0.15, 0.2) is 17.9 Å². The molecule has 2 aromatic rings. The first-order valence-corrected chi connectivity index (χ1v) is 9.26. The maximum absolute atomic E-state index is 12.6. The Hall–Kier alpha value is -1.82. The van der Waals surface area contributed by atoms with Gasteiger partial charge in [0.15, 0.2) is 0 Å². The van der Waals surface area contributed by atoms with E-state index in [1.54, 1.807) is 17.5 Å². The van der Waals surface area contributed by atoms with Crippen molar-refractivity contribution in [3.05, 3.63) is 29.3 Å². The van der Waals surface area contributed by atoms with Gasteiger partial charge in [0.2, 0.25) is 5.91 Å². The molecule has 0 radical (unpaired) electrons. The van der Waals surface area contributed by atoms with E-state index in [1.165, 1.54) is 0 Å². The molecule has 1 aliphatic heterocycles. The lowest BCUT2D eigenvalue weighted by atomic mass is 9.90. The Balaban J connectivity index is 1.82. The Morgan fingerprint density at radius 1 is 1.33 bits per heavy atom. The van der Waals surface area contributed by atoms with Crippen molar-refractivity contribution in [2.24, 2.45) is 5.41 Å². The SMILES string of the molecule is Cc1ncsc1-c1cncc([C@H]2CCCN(C(=O)C(C)(C)C)C2)n1. The maximum atomic E-state index is 12.6. The second kappa shape index (κ2) is 6.59. The van der Waals surface area contributed by atoms with E-state index in [4.69, 9.17) is 4.98 Å². The highest BCUT2D eigenvalue weighted by Crippen LogP contribution is 2.31. The van der Waals surface area contributed by atoms with Gasteiger partial charge >= 0.3 is 0 Å². The molecule has 0 aliphatic carbocycles. The zero-order chi connectivity index (χ0) is 17.3. The lowest BCUT2D eigenvalue weighted by Crippen LogP contribution is -2.44. The van der Waals surface area contributed by atoms with Crippen molar-refractivity contribution in [2.75, 3.05) is 13.1 Å². The number of aromatic nitrogens is 3. The molecule has 2 aromatic heterocycles. The summed E-state index contributed by atoms with van der Waals surface area (Å²) < 4.78 is 0. The molecule has 1 saturated heterocycles. The smallest absolute Gasteiger partial charge is 0.227 e. The summed E-state index contributed by atoms with van der Waals surface area (Å²) in [6.07, 6.45) is 5.70. The van der Waals surface area contributed by atoms with Crippen molar-refractivity contribution in [1.82, 2.24) is 19.9 Å². The van der Waals surface area contributed by atoms with Gasteiger partial charge in [-0.15, -0.1) is 11.3 Å². The number of amides is 1. The number of hydrogen-bond donors (Lipinski definition) is 0. The van der Waals surface area contributed by atoms with Gasteiger partial charge in [0.1, 0.15) is 5.69 Å². The number of likely N-dealkylation sites (tertiary alicyclic amines) is 1. The highest BCUT2D eigenvalue weighted by Gasteiger charge is 2.32. The molecule has 1 atom stereocenters. The molecule has 0 aromatic carbocycles. The van der Waals surface area contributed by atoms with Gasteiger partial charge in [-0.1, -0.05) is 20.8 Å². The summed E-state index contributed by atoms with van der Waals surface area (Å²) in [4.78, 5) is 29.1. The van der Waals surface area contributed by atoms with E-state index in [2.05, 4.69) is 9.97 Å². The molecule has 1 aliphatic rings. The van der Waals surface area contributed by atoms with Gasteiger partial charge in [-0.25, -0.2) is 9.97 Å². The Morgan fingerprint density at radius 3 is 2.79 bits per heavy atom. The maximum Gasteiger partial charge on any atom is 0.227 e. The van der Waals surface area contributed by atoms with Crippen LogP contribution in [0.2, 0.25) is 0 Å². The van der Waals surface area contributed by atoms with Crippen LogP contribution < -0.4 is 0 Å². The molecule has 0 saturated carbocycles.